The largest absolute Gasteiger partial charge is 0.289 e. The predicted molar refractivity (Wildman–Crippen MR) is 109 cm³/mol. The molecule has 4 heteroatoms. The van der Waals surface area contributed by atoms with Crippen LogP contribution in [0.3, 0.4) is 0 Å². The van der Waals surface area contributed by atoms with Crippen LogP contribution in [0.5, 0.6) is 0 Å². The molecule has 4 aromatic carbocycles. The molecule has 2 aliphatic rings. The van der Waals surface area contributed by atoms with Crippen LogP contribution in [0.1, 0.15) is 0 Å². The molecule has 0 aliphatic heterocycles. The molecular weight excluding hydrogens is 367 g/mol. The van der Waals surface area contributed by atoms with E-state index in [9.17, 15) is 9.59 Å². The van der Waals surface area contributed by atoms with Crippen LogP contribution in [0.4, 0.5) is 0 Å². The number of hydrogen-bond donors (Lipinski definition) is 0. The zero-order valence-electron chi connectivity index (χ0n) is 13.2. The van der Waals surface area contributed by atoms with Crippen molar-refractivity contribution in [1.29, 1.82) is 0 Å². The summed E-state index contributed by atoms with van der Waals surface area (Å²) < 4.78 is 0. The smallest absolute Gasteiger partial charge is 0.194 e. The van der Waals surface area contributed by atoms with Crippen molar-refractivity contribution in [1.82, 2.24) is 0 Å². The molecule has 0 spiro atoms. The second-order valence-corrected chi connectivity index (χ2v) is 7.49. The minimum absolute atomic E-state index is 0.0840. The van der Waals surface area contributed by atoms with Gasteiger partial charge in [0.2, 0.25) is 0 Å². The lowest BCUT2D eigenvalue weighted by Crippen LogP contribution is -2.13. The molecule has 2 nitrogen and oxygen atoms in total. The van der Waals surface area contributed by atoms with Crippen molar-refractivity contribution >= 4 is 66.3 Å². The molecule has 0 aromatic heterocycles. The van der Waals surface area contributed by atoms with E-state index in [1.54, 1.807) is 24.3 Å². The van der Waals surface area contributed by atoms with Gasteiger partial charge in [-0.2, -0.15) is 0 Å². The van der Waals surface area contributed by atoms with Crippen LogP contribution >= 0.6 is 23.2 Å². The Morgan fingerprint density at radius 2 is 0.923 bits per heavy atom. The van der Waals surface area contributed by atoms with Gasteiger partial charge < -0.3 is 0 Å². The number of halogens is 2. The third kappa shape index (κ3) is 1.47. The zero-order chi connectivity index (χ0) is 17.7. The van der Waals surface area contributed by atoms with Crippen LogP contribution in [-0.4, -0.2) is 0 Å². The van der Waals surface area contributed by atoms with Crippen LogP contribution in [-0.2, 0) is 0 Å². The number of rotatable bonds is 0. The zero-order valence-corrected chi connectivity index (χ0v) is 14.7. The maximum Gasteiger partial charge on any atom is 0.194 e. The first-order valence-electron chi connectivity index (χ1n) is 8.18. The summed E-state index contributed by atoms with van der Waals surface area (Å²) in [5.41, 5.74) is 1.44. The van der Waals surface area contributed by atoms with E-state index in [1.807, 2.05) is 24.3 Å². The minimum atomic E-state index is -0.0840. The van der Waals surface area contributed by atoms with Crippen molar-refractivity contribution in [2.45, 2.75) is 0 Å². The molecule has 0 N–H and O–H groups in total. The molecule has 0 atom stereocenters. The molecule has 0 fully saturated rings. The van der Waals surface area contributed by atoms with Crippen LogP contribution in [0.2, 0.25) is 10.0 Å². The molecular formula is C22H8Cl2O2. The molecule has 122 valence electrons. The van der Waals surface area contributed by atoms with Gasteiger partial charge >= 0.3 is 0 Å². The summed E-state index contributed by atoms with van der Waals surface area (Å²) in [6.07, 6.45) is 0. The molecule has 0 saturated heterocycles. The lowest BCUT2D eigenvalue weighted by atomic mass is 9.81. The first-order chi connectivity index (χ1) is 12.6. The Balaban J connectivity index is 2.19. The van der Waals surface area contributed by atoms with E-state index in [2.05, 4.69) is 0 Å². The van der Waals surface area contributed by atoms with Crippen molar-refractivity contribution in [3.63, 3.8) is 0 Å². The van der Waals surface area contributed by atoms with Crippen molar-refractivity contribution in [2.24, 2.45) is 0 Å². The average molecular weight is 375 g/mol. The maximum atomic E-state index is 13.2. The second-order valence-electron chi connectivity index (χ2n) is 6.68. The summed E-state index contributed by atoms with van der Waals surface area (Å²) in [6.45, 7) is 0. The molecule has 6 rings (SSSR count). The fraction of sp³-hybridized carbons (Fsp3) is 0. The van der Waals surface area contributed by atoms with E-state index >= 15 is 0 Å². The van der Waals surface area contributed by atoms with E-state index in [0.29, 0.717) is 31.6 Å². The van der Waals surface area contributed by atoms with Crippen molar-refractivity contribution in [3.05, 3.63) is 79.0 Å². The summed E-state index contributed by atoms with van der Waals surface area (Å²) in [4.78, 5) is 26.5. The Labute approximate surface area is 156 Å². The quantitative estimate of drug-likeness (QED) is 0.250. The third-order valence-corrected chi connectivity index (χ3v) is 6.08. The molecule has 0 heterocycles. The highest BCUT2D eigenvalue weighted by molar-refractivity contribution is 6.42. The van der Waals surface area contributed by atoms with Crippen LogP contribution in [0.25, 0.3) is 54.2 Å². The summed E-state index contributed by atoms with van der Waals surface area (Å²) in [5.74, 6) is 0. The van der Waals surface area contributed by atoms with Gasteiger partial charge in [0.05, 0.1) is 0 Å². The number of hydrogen-bond acceptors (Lipinski definition) is 2. The van der Waals surface area contributed by atoms with Gasteiger partial charge in [-0.05, 0) is 12.1 Å². The Bertz CT molecular complexity index is 1470. The summed E-state index contributed by atoms with van der Waals surface area (Å²) >= 11 is 12.9. The Morgan fingerprint density at radius 1 is 0.538 bits per heavy atom. The normalized spacial score (nSPS) is 12.5. The lowest BCUT2D eigenvalue weighted by Gasteiger charge is -2.21. The monoisotopic (exact) mass is 374 g/mol. The predicted octanol–water partition coefficient (Wildman–Crippen LogP) is 5.74. The second kappa shape index (κ2) is 4.53. The van der Waals surface area contributed by atoms with Crippen LogP contribution in [0, 0.1) is 0 Å². The van der Waals surface area contributed by atoms with Gasteiger partial charge in [-0.1, -0.05) is 59.6 Å². The van der Waals surface area contributed by atoms with Crippen molar-refractivity contribution in [3.8, 4) is 11.1 Å². The number of benzene rings is 6. The fourth-order valence-electron chi connectivity index (χ4n) is 4.41. The molecule has 0 saturated carbocycles. The van der Waals surface area contributed by atoms with Crippen molar-refractivity contribution < 1.29 is 0 Å². The summed E-state index contributed by atoms with van der Waals surface area (Å²) in [5, 5.41) is 6.29. The van der Waals surface area contributed by atoms with E-state index in [4.69, 9.17) is 23.2 Å². The van der Waals surface area contributed by atoms with E-state index in [-0.39, 0.29) is 10.9 Å². The highest BCUT2D eigenvalue weighted by atomic mass is 35.5. The Morgan fingerprint density at radius 3 is 1.35 bits per heavy atom. The average Bonchev–Trinajstić information content (AvgIpc) is 2.65. The Hall–Kier alpha value is -2.68. The SMILES string of the molecule is O=c1c2cc(Cl)c3cccc4c(=O)c5cc(Cl)c6cccc1c6c5-c2c34. The van der Waals surface area contributed by atoms with Gasteiger partial charge in [-0.15, -0.1) is 0 Å². The van der Waals surface area contributed by atoms with Crippen LogP contribution < -0.4 is 10.9 Å². The Kier molecular flexibility index (Phi) is 2.52. The standard InChI is InChI=1S/C22H8Cl2O2/c23-15-7-14-19-17-9(15)3-1-5-11(17)21(25)13-8-16(24)10-4-2-6-12(22(14)26)18(10)20(13)19/h1-8H. The molecule has 0 unspecified atom stereocenters. The highest BCUT2D eigenvalue weighted by Crippen LogP contribution is 2.47. The van der Waals surface area contributed by atoms with E-state index < -0.39 is 0 Å². The minimum Gasteiger partial charge on any atom is -0.289 e. The maximum absolute atomic E-state index is 13.2. The fourth-order valence-corrected chi connectivity index (χ4v) is 4.94. The first kappa shape index (κ1) is 14.5. The molecule has 4 aromatic rings. The molecule has 0 radical (unpaired) electrons. The van der Waals surface area contributed by atoms with Gasteiger partial charge in [0.15, 0.2) is 10.9 Å². The van der Waals surface area contributed by atoms with E-state index in [0.717, 1.165) is 32.7 Å². The summed E-state index contributed by atoms with van der Waals surface area (Å²) in [7, 11) is 0. The first-order valence-corrected chi connectivity index (χ1v) is 8.93. The lowest BCUT2D eigenvalue weighted by molar-refractivity contribution is 1.65. The molecule has 2 aliphatic carbocycles. The third-order valence-electron chi connectivity index (χ3n) is 5.45. The molecule has 0 amide bonds. The van der Waals surface area contributed by atoms with E-state index in [1.165, 1.54) is 0 Å². The molecule has 0 bridgehead atoms. The van der Waals surface area contributed by atoms with Gasteiger partial charge in [0.25, 0.3) is 0 Å². The van der Waals surface area contributed by atoms with Crippen LogP contribution in [0.15, 0.2) is 58.1 Å². The highest BCUT2D eigenvalue weighted by Gasteiger charge is 2.27. The van der Waals surface area contributed by atoms with Crippen molar-refractivity contribution in [2.75, 3.05) is 0 Å². The topological polar surface area (TPSA) is 34.1 Å². The van der Waals surface area contributed by atoms with Gasteiger partial charge in [0.1, 0.15) is 0 Å². The summed E-state index contributed by atoms with van der Waals surface area (Å²) in [6, 6.07) is 14.4. The van der Waals surface area contributed by atoms with Gasteiger partial charge in [-0.3, -0.25) is 9.59 Å². The van der Waals surface area contributed by atoms with Gasteiger partial charge in [-0.25, -0.2) is 0 Å². The van der Waals surface area contributed by atoms with Gasteiger partial charge in [0, 0.05) is 64.3 Å². The molecule has 26 heavy (non-hydrogen) atoms.